The number of rotatable bonds is 6. The molecule has 1 fully saturated rings. The Morgan fingerprint density at radius 2 is 1.76 bits per heavy atom. The molecule has 17 heavy (non-hydrogen) atoms. The highest BCUT2D eigenvalue weighted by atomic mass is 16.3. The molecule has 2 N–H and O–H groups in total. The van der Waals surface area contributed by atoms with Crippen LogP contribution in [0.3, 0.4) is 0 Å². The molecule has 0 aromatic heterocycles. The molecule has 1 aliphatic carbocycles. The Bertz CT molecular complexity index is 344. The van der Waals surface area contributed by atoms with E-state index in [1.165, 1.54) is 5.56 Å². The van der Waals surface area contributed by atoms with E-state index in [0.717, 1.165) is 19.4 Å². The molecule has 0 unspecified atom stereocenters. The summed E-state index contributed by atoms with van der Waals surface area (Å²) in [5.74, 6) is -0.0174. The van der Waals surface area contributed by atoms with Gasteiger partial charge in [0.05, 0.1) is 0 Å². The SMILES string of the molecule is CN(Cc1ccccc1)C1(C(CO)CO)CC1. The van der Waals surface area contributed by atoms with Gasteiger partial charge in [0.2, 0.25) is 0 Å². The van der Waals surface area contributed by atoms with Crippen LogP contribution in [0, 0.1) is 5.92 Å². The molecule has 1 aromatic rings. The monoisotopic (exact) mass is 235 g/mol. The van der Waals surface area contributed by atoms with Crippen molar-refractivity contribution in [1.82, 2.24) is 4.90 Å². The average molecular weight is 235 g/mol. The first kappa shape index (κ1) is 12.6. The summed E-state index contributed by atoms with van der Waals surface area (Å²) in [6.45, 7) is 1.00. The normalized spacial score (nSPS) is 17.7. The number of hydrogen-bond acceptors (Lipinski definition) is 3. The van der Waals surface area contributed by atoms with E-state index in [2.05, 4.69) is 24.1 Å². The van der Waals surface area contributed by atoms with E-state index in [-0.39, 0.29) is 24.7 Å². The average Bonchev–Trinajstić information content (AvgIpc) is 3.14. The number of benzene rings is 1. The summed E-state index contributed by atoms with van der Waals surface area (Å²) in [6.07, 6.45) is 2.14. The molecular formula is C14H21NO2. The number of aliphatic hydroxyl groups is 2. The van der Waals surface area contributed by atoms with Gasteiger partial charge < -0.3 is 10.2 Å². The highest BCUT2D eigenvalue weighted by molar-refractivity contribution is 5.16. The summed E-state index contributed by atoms with van der Waals surface area (Å²) in [6, 6.07) is 10.3. The third kappa shape index (κ3) is 2.51. The number of hydrogen-bond donors (Lipinski definition) is 2. The summed E-state index contributed by atoms with van der Waals surface area (Å²) in [5, 5.41) is 18.7. The Morgan fingerprint density at radius 1 is 1.18 bits per heavy atom. The van der Waals surface area contributed by atoms with Crippen LogP contribution in [-0.4, -0.2) is 40.9 Å². The van der Waals surface area contributed by atoms with E-state index in [9.17, 15) is 10.2 Å². The van der Waals surface area contributed by atoms with Crippen LogP contribution in [-0.2, 0) is 6.54 Å². The largest absolute Gasteiger partial charge is 0.396 e. The van der Waals surface area contributed by atoms with E-state index < -0.39 is 0 Å². The summed E-state index contributed by atoms with van der Waals surface area (Å²) in [4.78, 5) is 2.28. The molecule has 0 saturated heterocycles. The van der Waals surface area contributed by atoms with Gasteiger partial charge in [-0.3, -0.25) is 4.90 Å². The van der Waals surface area contributed by atoms with Crippen LogP contribution >= 0.6 is 0 Å². The molecule has 1 aromatic carbocycles. The third-order valence-corrected chi connectivity index (χ3v) is 3.99. The lowest BCUT2D eigenvalue weighted by Gasteiger charge is -2.33. The minimum absolute atomic E-state index is 0.0132. The third-order valence-electron chi connectivity index (χ3n) is 3.99. The second kappa shape index (κ2) is 5.17. The molecule has 0 heterocycles. The maximum atomic E-state index is 9.33. The minimum Gasteiger partial charge on any atom is -0.396 e. The molecule has 1 aliphatic rings. The van der Waals surface area contributed by atoms with Crippen LogP contribution in [0.1, 0.15) is 18.4 Å². The van der Waals surface area contributed by atoms with E-state index in [1.54, 1.807) is 0 Å². The lowest BCUT2D eigenvalue weighted by atomic mass is 9.97. The lowest BCUT2D eigenvalue weighted by Crippen LogP contribution is -2.43. The quantitative estimate of drug-likeness (QED) is 0.780. The Kier molecular flexibility index (Phi) is 3.82. The molecular weight excluding hydrogens is 214 g/mol. The van der Waals surface area contributed by atoms with Gasteiger partial charge in [0.1, 0.15) is 0 Å². The van der Waals surface area contributed by atoms with Gasteiger partial charge in [-0.15, -0.1) is 0 Å². The van der Waals surface area contributed by atoms with Gasteiger partial charge in [0.25, 0.3) is 0 Å². The summed E-state index contributed by atoms with van der Waals surface area (Å²) in [7, 11) is 2.08. The molecule has 0 bridgehead atoms. The fraction of sp³-hybridized carbons (Fsp3) is 0.571. The molecule has 1 saturated carbocycles. The molecule has 3 nitrogen and oxygen atoms in total. The second-order valence-electron chi connectivity index (χ2n) is 5.01. The predicted octanol–water partition coefficient (Wildman–Crippen LogP) is 1.25. The van der Waals surface area contributed by atoms with Crippen LogP contribution < -0.4 is 0 Å². The van der Waals surface area contributed by atoms with Gasteiger partial charge in [-0.2, -0.15) is 0 Å². The second-order valence-corrected chi connectivity index (χ2v) is 5.01. The van der Waals surface area contributed by atoms with Gasteiger partial charge in [0, 0.05) is 31.2 Å². The zero-order chi connectivity index (χ0) is 12.3. The molecule has 0 radical (unpaired) electrons. The van der Waals surface area contributed by atoms with Gasteiger partial charge in [0.15, 0.2) is 0 Å². The maximum absolute atomic E-state index is 9.33. The van der Waals surface area contributed by atoms with Crippen LogP contribution in [0.4, 0.5) is 0 Å². The van der Waals surface area contributed by atoms with Crippen molar-refractivity contribution in [3.05, 3.63) is 35.9 Å². The van der Waals surface area contributed by atoms with Gasteiger partial charge in [-0.05, 0) is 25.5 Å². The number of nitrogens with zero attached hydrogens (tertiary/aromatic N) is 1. The standard InChI is InChI=1S/C14H21NO2/c1-15(9-12-5-3-2-4-6-12)14(7-8-14)13(10-16)11-17/h2-6,13,16-17H,7-11H2,1H3. The summed E-state index contributed by atoms with van der Waals surface area (Å²) < 4.78 is 0. The van der Waals surface area contributed by atoms with E-state index in [4.69, 9.17) is 0 Å². The van der Waals surface area contributed by atoms with Crippen LogP contribution in [0.2, 0.25) is 0 Å². The Labute approximate surface area is 103 Å². The summed E-state index contributed by atoms with van der Waals surface area (Å²) >= 11 is 0. The van der Waals surface area contributed by atoms with E-state index in [1.807, 2.05) is 18.2 Å². The molecule has 0 amide bonds. The first-order chi connectivity index (χ1) is 8.23. The molecule has 94 valence electrons. The molecule has 0 spiro atoms. The van der Waals surface area contributed by atoms with Crippen molar-refractivity contribution in [2.75, 3.05) is 20.3 Å². The van der Waals surface area contributed by atoms with E-state index >= 15 is 0 Å². The van der Waals surface area contributed by atoms with Crippen molar-refractivity contribution in [3.8, 4) is 0 Å². The maximum Gasteiger partial charge on any atom is 0.0499 e. The molecule has 0 aliphatic heterocycles. The predicted molar refractivity (Wildman–Crippen MR) is 67.5 cm³/mol. The Morgan fingerprint density at radius 3 is 2.24 bits per heavy atom. The molecule has 3 heteroatoms. The van der Waals surface area contributed by atoms with Crippen molar-refractivity contribution in [1.29, 1.82) is 0 Å². The highest BCUT2D eigenvalue weighted by Crippen LogP contribution is 2.47. The van der Waals surface area contributed by atoms with Crippen molar-refractivity contribution in [2.45, 2.75) is 24.9 Å². The van der Waals surface area contributed by atoms with Crippen molar-refractivity contribution in [2.24, 2.45) is 5.92 Å². The van der Waals surface area contributed by atoms with Gasteiger partial charge in [-0.1, -0.05) is 30.3 Å². The fourth-order valence-corrected chi connectivity index (χ4v) is 2.64. The zero-order valence-corrected chi connectivity index (χ0v) is 10.3. The van der Waals surface area contributed by atoms with Crippen molar-refractivity contribution < 1.29 is 10.2 Å². The smallest absolute Gasteiger partial charge is 0.0499 e. The van der Waals surface area contributed by atoms with Gasteiger partial charge in [-0.25, -0.2) is 0 Å². The minimum atomic E-state index is -0.0174. The summed E-state index contributed by atoms with van der Waals surface area (Å²) in [5.41, 5.74) is 1.29. The van der Waals surface area contributed by atoms with Crippen molar-refractivity contribution in [3.63, 3.8) is 0 Å². The van der Waals surface area contributed by atoms with Crippen molar-refractivity contribution >= 4 is 0 Å². The van der Waals surface area contributed by atoms with Crippen LogP contribution in [0.25, 0.3) is 0 Å². The van der Waals surface area contributed by atoms with Gasteiger partial charge >= 0.3 is 0 Å². The van der Waals surface area contributed by atoms with E-state index in [0.29, 0.717) is 0 Å². The lowest BCUT2D eigenvalue weighted by molar-refractivity contribution is 0.0523. The zero-order valence-electron chi connectivity index (χ0n) is 10.3. The highest BCUT2D eigenvalue weighted by Gasteiger charge is 2.51. The van der Waals surface area contributed by atoms with Crippen LogP contribution in [0.15, 0.2) is 30.3 Å². The van der Waals surface area contributed by atoms with Crippen LogP contribution in [0.5, 0.6) is 0 Å². The topological polar surface area (TPSA) is 43.7 Å². The molecule has 2 rings (SSSR count). The molecule has 0 atom stereocenters. The first-order valence-corrected chi connectivity index (χ1v) is 6.20. The fourth-order valence-electron chi connectivity index (χ4n) is 2.64. The Balaban J connectivity index is 2.03. The first-order valence-electron chi connectivity index (χ1n) is 6.20. The number of aliphatic hydroxyl groups excluding tert-OH is 2. The Hall–Kier alpha value is -0.900.